The summed E-state index contributed by atoms with van der Waals surface area (Å²) in [5, 5.41) is 3.36. The van der Waals surface area contributed by atoms with Gasteiger partial charge in [0.1, 0.15) is 5.82 Å². The van der Waals surface area contributed by atoms with E-state index in [9.17, 15) is 4.39 Å². The highest BCUT2D eigenvalue weighted by atomic mass is 79.9. The smallest absolute Gasteiger partial charge is 0.137 e. The van der Waals surface area contributed by atoms with Crippen LogP contribution in [0.5, 0.6) is 0 Å². The standard InChI is InChI=1S/C14H21BrFN/c1-3-4-5-6-7-8-17-14-10-12(15)13(16)9-11(14)2/h9-10,17H,3-8H2,1-2H3. The Labute approximate surface area is 112 Å². The summed E-state index contributed by atoms with van der Waals surface area (Å²) in [5.41, 5.74) is 1.98. The molecule has 1 N–H and O–H groups in total. The van der Waals surface area contributed by atoms with Crippen LogP contribution in [0.2, 0.25) is 0 Å². The molecular weight excluding hydrogens is 281 g/mol. The Morgan fingerprint density at radius 2 is 1.88 bits per heavy atom. The molecule has 96 valence electrons. The minimum absolute atomic E-state index is 0.198. The van der Waals surface area contributed by atoms with Gasteiger partial charge in [0.25, 0.3) is 0 Å². The molecule has 0 fully saturated rings. The predicted molar refractivity (Wildman–Crippen MR) is 76.1 cm³/mol. The van der Waals surface area contributed by atoms with Crippen molar-refractivity contribution in [2.24, 2.45) is 0 Å². The molecule has 1 rings (SSSR count). The minimum atomic E-state index is -0.198. The first-order valence-corrected chi connectivity index (χ1v) is 7.14. The highest BCUT2D eigenvalue weighted by molar-refractivity contribution is 9.10. The Bertz CT molecular complexity index is 352. The van der Waals surface area contributed by atoms with Crippen LogP contribution in [-0.2, 0) is 0 Å². The second kappa shape index (κ2) is 7.70. The lowest BCUT2D eigenvalue weighted by atomic mass is 10.1. The number of hydrogen-bond acceptors (Lipinski definition) is 1. The van der Waals surface area contributed by atoms with E-state index in [0.717, 1.165) is 17.8 Å². The van der Waals surface area contributed by atoms with Gasteiger partial charge in [-0.1, -0.05) is 32.6 Å². The van der Waals surface area contributed by atoms with Crippen LogP contribution in [0.1, 0.15) is 44.6 Å². The number of hydrogen-bond donors (Lipinski definition) is 1. The Hall–Kier alpha value is -0.570. The van der Waals surface area contributed by atoms with Gasteiger partial charge in [0.15, 0.2) is 0 Å². The first-order chi connectivity index (χ1) is 8.15. The van der Waals surface area contributed by atoms with Gasteiger partial charge in [-0.2, -0.15) is 0 Å². The fraction of sp³-hybridized carbons (Fsp3) is 0.571. The minimum Gasteiger partial charge on any atom is -0.385 e. The average molecular weight is 302 g/mol. The van der Waals surface area contributed by atoms with Crippen LogP contribution >= 0.6 is 15.9 Å². The summed E-state index contributed by atoms with van der Waals surface area (Å²) in [7, 11) is 0. The Balaban J connectivity index is 2.34. The van der Waals surface area contributed by atoms with E-state index in [1.54, 1.807) is 6.07 Å². The van der Waals surface area contributed by atoms with Crippen LogP contribution in [0, 0.1) is 12.7 Å². The quantitative estimate of drug-likeness (QED) is 0.676. The van der Waals surface area contributed by atoms with E-state index in [0.29, 0.717) is 4.47 Å². The molecular formula is C14H21BrFN. The third kappa shape index (κ3) is 5.07. The van der Waals surface area contributed by atoms with Crippen molar-refractivity contribution in [2.75, 3.05) is 11.9 Å². The topological polar surface area (TPSA) is 12.0 Å². The molecule has 0 bridgehead atoms. The fourth-order valence-electron chi connectivity index (χ4n) is 1.79. The second-order valence-electron chi connectivity index (χ2n) is 4.42. The molecule has 0 aromatic heterocycles. The summed E-state index contributed by atoms with van der Waals surface area (Å²) in [6, 6.07) is 3.38. The van der Waals surface area contributed by atoms with E-state index in [2.05, 4.69) is 28.2 Å². The number of anilines is 1. The van der Waals surface area contributed by atoms with Crippen molar-refractivity contribution in [3.63, 3.8) is 0 Å². The molecule has 0 radical (unpaired) electrons. The van der Waals surface area contributed by atoms with E-state index >= 15 is 0 Å². The Kier molecular flexibility index (Phi) is 6.56. The summed E-state index contributed by atoms with van der Waals surface area (Å²) >= 11 is 3.21. The molecule has 0 saturated carbocycles. The molecule has 0 spiro atoms. The number of benzene rings is 1. The Morgan fingerprint density at radius 1 is 1.18 bits per heavy atom. The van der Waals surface area contributed by atoms with E-state index in [1.807, 2.05) is 13.0 Å². The molecule has 0 saturated heterocycles. The van der Waals surface area contributed by atoms with Crippen LogP contribution in [0.25, 0.3) is 0 Å². The molecule has 1 aromatic carbocycles. The van der Waals surface area contributed by atoms with Crippen molar-refractivity contribution in [1.82, 2.24) is 0 Å². The maximum absolute atomic E-state index is 13.2. The number of unbranched alkanes of at least 4 members (excludes halogenated alkanes) is 4. The van der Waals surface area contributed by atoms with Crippen LogP contribution in [0.3, 0.4) is 0 Å². The lowest BCUT2D eigenvalue weighted by molar-refractivity contribution is 0.620. The number of halogens is 2. The molecule has 0 amide bonds. The van der Waals surface area contributed by atoms with Crippen LogP contribution in [0.15, 0.2) is 16.6 Å². The molecule has 3 heteroatoms. The van der Waals surface area contributed by atoms with Crippen LogP contribution in [0.4, 0.5) is 10.1 Å². The molecule has 0 aliphatic rings. The van der Waals surface area contributed by atoms with Crippen LogP contribution < -0.4 is 5.32 Å². The average Bonchev–Trinajstić information content (AvgIpc) is 2.30. The van der Waals surface area contributed by atoms with Crippen molar-refractivity contribution >= 4 is 21.6 Å². The lowest BCUT2D eigenvalue weighted by Crippen LogP contribution is -2.03. The first kappa shape index (κ1) is 14.5. The third-order valence-electron chi connectivity index (χ3n) is 2.86. The highest BCUT2D eigenvalue weighted by Gasteiger charge is 2.04. The normalized spacial score (nSPS) is 10.6. The molecule has 0 aliphatic carbocycles. The van der Waals surface area contributed by atoms with Gasteiger partial charge in [-0.15, -0.1) is 0 Å². The van der Waals surface area contributed by atoms with Gasteiger partial charge < -0.3 is 5.32 Å². The van der Waals surface area contributed by atoms with Gasteiger partial charge in [0, 0.05) is 12.2 Å². The number of rotatable bonds is 7. The summed E-state index contributed by atoms with van der Waals surface area (Å²) < 4.78 is 13.7. The monoisotopic (exact) mass is 301 g/mol. The van der Waals surface area contributed by atoms with Crippen molar-refractivity contribution in [1.29, 1.82) is 0 Å². The van der Waals surface area contributed by atoms with Gasteiger partial charge in [-0.25, -0.2) is 4.39 Å². The molecule has 0 aliphatic heterocycles. The molecule has 1 nitrogen and oxygen atoms in total. The molecule has 0 atom stereocenters. The van der Waals surface area contributed by atoms with Crippen molar-refractivity contribution < 1.29 is 4.39 Å². The summed E-state index contributed by atoms with van der Waals surface area (Å²) in [6.07, 6.45) is 6.35. The summed E-state index contributed by atoms with van der Waals surface area (Å²) in [5.74, 6) is -0.198. The van der Waals surface area contributed by atoms with Crippen molar-refractivity contribution in [3.05, 3.63) is 28.0 Å². The van der Waals surface area contributed by atoms with Gasteiger partial charge in [0.05, 0.1) is 4.47 Å². The van der Waals surface area contributed by atoms with E-state index in [4.69, 9.17) is 0 Å². The number of aryl methyl sites for hydroxylation is 1. The van der Waals surface area contributed by atoms with Gasteiger partial charge >= 0.3 is 0 Å². The molecule has 0 heterocycles. The SMILES string of the molecule is CCCCCCCNc1cc(Br)c(F)cc1C. The van der Waals surface area contributed by atoms with Crippen LogP contribution in [-0.4, -0.2) is 6.54 Å². The van der Waals surface area contributed by atoms with E-state index < -0.39 is 0 Å². The first-order valence-electron chi connectivity index (χ1n) is 6.34. The van der Waals surface area contributed by atoms with Crippen molar-refractivity contribution in [3.8, 4) is 0 Å². The van der Waals surface area contributed by atoms with E-state index in [-0.39, 0.29) is 5.82 Å². The second-order valence-corrected chi connectivity index (χ2v) is 5.28. The maximum atomic E-state index is 13.2. The largest absolute Gasteiger partial charge is 0.385 e. The molecule has 0 unspecified atom stereocenters. The predicted octanol–water partition coefficient (Wildman–Crippen LogP) is 5.28. The summed E-state index contributed by atoms with van der Waals surface area (Å²) in [6.45, 7) is 5.11. The van der Waals surface area contributed by atoms with Gasteiger partial charge in [0.2, 0.25) is 0 Å². The zero-order chi connectivity index (χ0) is 12.7. The Morgan fingerprint density at radius 3 is 2.59 bits per heavy atom. The molecule has 17 heavy (non-hydrogen) atoms. The zero-order valence-corrected chi connectivity index (χ0v) is 12.2. The van der Waals surface area contributed by atoms with Crippen molar-refractivity contribution in [2.45, 2.75) is 46.0 Å². The highest BCUT2D eigenvalue weighted by Crippen LogP contribution is 2.24. The zero-order valence-electron chi connectivity index (χ0n) is 10.7. The number of nitrogens with one attached hydrogen (secondary N) is 1. The lowest BCUT2D eigenvalue weighted by Gasteiger charge is -2.10. The third-order valence-corrected chi connectivity index (χ3v) is 3.47. The summed E-state index contributed by atoms with van der Waals surface area (Å²) in [4.78, 5) is 0. The molecule has 1 aromatic rings. The van der Waals surface area contributed by atoms with Gasteiger partial charge in [-0.3, -0.25) is 0 Å². The maximum Gasteiger partial charge on any atom is 0.137 e. The fourth-order valence-corrected chi connectivity index (χ4v) is 2.13. The van der Waals surface area contributed by atoms with Gasteiger partial charge in [-0.05, 0) is 47.0 Å². The van der Waals surface area contributed by atoms with E-state index in [1.165, 1.54) is 32.1 Å².